The first-order valence-corrected chi connectivity index (χ1v) is 8.89. The maximum absolute atomic E-state index is 5.41. The van der Waals surface area contributed by atoms with Gasteiger partial charge in [-0.15, -0.1) is 0 Å². The quantitative estimate of drug-likeness (QED) is 0.559. The van der Waals surface area contributed by atoms with Crippen LogP contribution in [0.3, 0.4) is 0 Å². The highest BCUT2D eigenvalue weighted by Crippen LogP contribution is 2.60. The van der Waals surface area contributed by atoms with Crippen molar-refractivity contribution in [2.24, 2.45) is 16.3 Å². The number of benzene rings is 1. The Morgan fingerprint density at radius 1 is 1.08 bits per heavy atom. The van der Waals surface area contributed by atoms with Gasteiger partial charge < -0.3 is 24.8 Å². The van der Waals surface area contributed by atoms with Gasteiger partial charge in [-0.2, -0.15) is 0 Å². The smallest absolute Gasteiger partial charge is 0.203 e. The van der Waals surface area contributed by atoms with Crippen molar-refractivity contribution in [3.8, 4) is 17.2 Å². The number of nitrogens with zero attached hydrogens (tertiary/aromatic N) is 1. The van der Waals surface area contributed by atoms with Crippen molar-refractivity contribution in [2.75, 3.05) is 34.9 Å². The molecule has 6 nitrogen and oxygen atoms in total. The summed E-state index contributed by atoms with van der Waals surface area (Å²) in [5.41, 5.74) is 1.59. The molecule has 0 aliphatic heterocycles. The second-order valence-corrected chi connectivity index (χ2v) is 6.95. The fourth-order valence-corrected chi connectivity index (χ4v) is 3.49. The molecule has 2 saturated carbocycles. The van der Waals surface area contributed by atoms with Crippen molar-refractivity contribution in [1.82, 2.24) is 10.6 Å². The maximum atomic E-state index is 5.41. The summed E-state index contributed by atoms with van der Waals surface area (Å²) in [6.07, 6.45) is 5.52. The highest BCUT2D eigenvalue weighted by atomic mass is 16.5. The van der Waals surface area contributed by atoms with Crippen molar-refractivity contribution in [3.05, 3.63) is 17.7 Å². The van der Waals surface area contributed by atoms with Gasteiger partial charge in [0, 0.05) is 20.1 Å². The summed E-state index contributed by atoms with van der Waals surface area (Å²) in [6, 6.07) is 3.91. The second kappa shape index (κ2) is 7.42. The third-order valence-electron chi connectivity index (χ3n) is 5.35. The second-order valence-electron chi connectivity index (χ2n) is 6.95. The van der Waals surface area contributed by atoms with Crippen molar-refractivity contribution in [2.45, 2.75) is 32.2 Å². The van der Waals surface area contributed by atoms with E-state index >= 15 is 0 Å². The van der Waals surface area contributed by atoms with Gasteiger partial charge in [-0.1, -0.05) is 0 Å². The van der Waals surface area contributed by atoms with E-state index < -0.39 is 0 Å². The molecule has 0 radical (unpaired) electrons. The number of guanidine groups is 1. The van der Waals surface area contributed by atoms with Crippen LogP contribution in [-0.2, 0) is 6.54 Å². The van der Waals surface area contributed by atoms with Crippen LogP contribution in [-0.4, -0.2) is 40.9 Å². The van der Waals surface area contributed by atoms with Crippen LogP contribution in [0, 0.1) is 11.3 Å². The Labute approximate surface area is 149 Å². The SMILES string of the molecule is CN=C(NCc1cc(OC)c(OC)c(OC)c1)NCC1(C2CC2)CC1. The molecule has 0 atom stereocenters. The Bertz CT molecular complexity index is 612. The maximum Gasteiger partial charge on any atom is 0.203 e. The third-order valence-corrected chi connectivity index (χ3v) is 5.35. The molecule has 0 bridgehead atoms. The van der Waals surface area contributed by atoms with E-state index in [4.69, 9.17) is 14.2 Å². The largest absolute Gasteiger partial charge is 0.493 e. The minimum absolute atomic E-state index is 0.546. The number of hydrogen-bond acceptors (Lipinski definition) is 4. The summed E-state index contributed by atoms with van der Waals surface area (Å²) in [4.78, 5) is 4.34. The first kappa shape index (κ1) is 17.7. The topological polar surface area (TPSA) is 64.1 Å². The highest BCUT2D eigenvalue weighted by Gasteiger charge is 2.53. The molecule has 0 aromatic heterocycles. The van der Waals surface area contributed by atoms with E-state index in [1.54, 1.807) is 28.4 Å². The van der Waals surface area contributed by atoms with Crippen molar-refractivity contribution < 1.29 is 14.2 Å². The van der Waals surface area contributed by atoms with Crippen LogP contribution in [0.15, 0.2) is 17.1 Å². The molecule has 138 valence electrons. The highest BCUT2D eigenvalue weighted by molar-refractivity contribution is 5.79. The molecule has 0 saturated heterocycles. The Morgan fingerprint density at radius 3 is 2.16 bits per heavy atom. The number of nitrogens with one attached hydrogen (secondary N) is 2. The lowest BCUT2D eigenvalue weighted by Gasteiger charge is -2.19. The summed E-state index contributed by atoms with van der Waals surface area (Å²) in [7, 11) is 6.67. The molecule has 0 heterocycles. The van der Waals surface area contributed by atoms with Gasteiger partial charge in [-0.3, -0.25) is 4.99 Å². The molecule has 2 aliphatic carbocycles. The summed E-state index contributed by atoms with van der Waals surface area (Å²) < 4.78 is 16.2. The molecule has 1 aromatic rings. The fourth-order valence-electron chi connectivity index (χ4n) is 3.49. The minimum Gasteiger partial charge on any atom is -0.493 e. The average molecular weight is 347 g/mol. The van der Waals surface area contributed by atoms with Crippen LogP contribution in [0.4, 0.5) is 0 Å². The number of aliphatic imine (C=N–C) groups is 1. The Balaban J connectivity index is 1.59. The lowest BCUT2D eigenvalue weighted by Crippen LogP contribution is -2.40. The third kappa shape index (κ3) is 3.94. The molecule has 3 rings (SSSR count). The van der Waals surface area contributed by atoms with Crippen LogP contribution >= 0.6 is 0 Å². The van der Waals surface area contributed by atoms with E-state index in [2.05, 4.69) is 15.6 Å². The summed E-state index contributed by atoms with van der Waals surface area (Å²) in [6.45, 7) is 1.65. The first-order chi connectivity index (χ1) is 12.2. The first-order valence-electron chi connectivity index (χ1n) is 8.89. The molecule has 25 heavy (non-hydrogen) atoms. The number of rotatable bonds is 8. The van der Waals surface area contributed by atoms with E-state index in [1.165, 1.54) is 25.7 Å². The normalized spacial score (nSPS) is 18.5. The van der Waals surface area contributed by atoms with Crippen LogP contribution in [0.25, 0.3) is 0 Å². The van der Waals surface area contributed by atoms with Crippen molar-refractivity contribution >= 4 is 5.96 Å². The van der Waals surface area contributed by atoms with E-state index in [0.29, 0.717) is 29.2 Å². The fraction of sp³-hybridized carbons (Fsp3) is 0.632. The van der Waals surface area contributed by atoms with Crippen molar-refractivity contribution in [1.29, 1.82) is 0 Å². The molecular formula is C19H29N3O3. The standard InChI is InChI=1S/C19H29N3O3/c1-20-18(22-12-19(7-8-19)14-5-6-14)21-11-13-9-15(23-2)17(25-4)16(10-13)24-3/h9-10,14H,5-8,11-12H2,1-4H3,(H2,20,21,22). The predicted octanol–water partition coefficient (Wildman–Crippen LogP) is 2.57. The van der Waals surface area contributed by atoms with Crippen LogP contribution < -0.4 is 24.8 Å². The van der Waals surface area contributed by atoms with Crippen LogP contribution in [0.1, 0.15) is 31.2 Å². The molecule has 0 unspecified atom stereocenters. The average Bonchev–Trinajstić information content (AvgIpc) is 3.53. The van der Waals surface area contributed by atoms with E-state index in [9.17, 15) is 0 Å². The van der Waals surface area contributed by atoms with E-state index in [0.717, 1.165) is 24.0 Å². The Kier molecular flexibility index (Phi) is 5.25. The monoisotopic (exact) mass is 347 g/mol. The molecule has 2 fully saturated rings. The molecule has 2 N–H and O–H groups in total. The zero-order chi connectivity index (χ0) is 17.9. The van der Waals surface area contributed by atoms with Gasteiger partial charge in [0.25, 0.3) is 0 Å². The van der Waals surface area contributed by atoms with E-state index in [-0.39, 0.29) is 0 Å². The number of hydrogen-bond donors (Lipinski definition) is 2. The molecule has 0 spiro atoms. The van der Waals surface area contributed by atoms with Gasteiger partial charge in [0.15, 0.2) is 17.5 Å². The Morgan fingerprint density at radius 2 is 1.72 bits per heavy atom. The van der Waals surface area contributed by atoms with E-state index in [1.807, 2.05) is 12.1 Å². The Hall–Kier alpha value is -2.11. The molecule has 0 amide bonds. The lowest BCUT2D eigenvalue weighted by molar-refractivity contribution is 0.323. The molecule has 1 aromatic carbocycles. The van der Waals surface area contributed by atoms with Gasteiger partial charge in [0.1, 0.15) is 0 Å². The summed E-state index contributed by atoms with van der Waals surface area (Å²) in [5.74, 6) is 3.70. The van der Waals surface area contributed by atoms with Crippen molar-refractivity contribution in [3.63, 3.8) is 0 Å². The molecule has 6 heteroatoms. The number of ether oxygens (including phenoxy) is 3. The van der Waals surface area contributed by atoms with Gasteiger partial charge in [-0.05, 0) is 54.7 Å². The van der Waals surface area contributed by atoms with Gasteiger partial charge in [0.05, 0.1) is 21.3 Å². The lowest BCUT2D eigenvalue weighted by atomic mass is 10.0. The summed E-state index contributed by atoms with van der Waals surface area (Å²) in [5, 5.41) is 6.87. The number of methoxy groups -OCH3 is 3. The minimum atomic E-state index is 0.546. The summed E-state index contributed by atoms with van der Waals surface area (Å²) >= 11 is 0. The zero-order valence-corrected chi connectivity index (χ0v) is 15.6. The molecular weight excluding hydrogens is 318 g/mol. The predicted molar refractivity (Wildman–Crippen MR) is 98.7 cm³/mol. The zero-order valence-electron chi connectivity index (χ0n) is 15.6. The van der Waals surface area contributed by atoms with Gasteiger partial charge >= 0.3 is 0 Å². The van der Waals surface area contributed by atoms with Gasteiger partial charge in [0.2, 0.25) is 5.75 Å². The molecule has 2 aliphatic rings. The van der Waals surface area contributed by atoms with Crippen LogP contribution in [0.5, 0.6) is 17.2 Å². The van der Waals surface area contributed by atoms with Crippen LogP contribution in [0.2, 0.25) is 0 Å². The van der Waals surface area contributed by atoms with Gasteiger partial charge in [-0.25, -0.2) is 0 Å².